The average molecular weight is 225 g/mol. The van der Waals surface area contributed by atoms with Gasteiger partial charge in [-0.3, -0.25) is 0 Å². The molecule has 0 saturated heterocycles. The van der Waals surface area contributed by atoms with Crippen LogP contribution in [-0.2, 0) is 6.42 Å². The van der Waals surface area contributed by atoms with E-state index in [0.717, 1.165) is 6.54 Å². The first-order valence-corrected chi connectivity index (χ1v) is 6.59. The van der Waals surface area contributed by atoms with Crippen LogP contribution >= 0.6 is 11.3 Å². The van der Waals surface area contributed by atoms with E-state index in [-0.39, 0.29) is 6.61 Å². The molecule has 2 unspecified atom stereocenters. The zero-order valence-electron chi connectivity index (χ0n) is 9.20. The first-order valence-electron chi connectivity index (χ1n) is 5.71. The summed E-state index contributed by atoms with van der Waals surface area (Å²) in [5.41, 5.74) is 1.50. The fourth-order valence-electron chi connectivity index (χ4n) is 2.11. The van der Waals surface area contributed by atoms with Crippen molar-refractivity contribution in [3.63, 3.8) is 0 Å². The van der Waals surface area contributed by atoms with Gasteiger partial charge in [0.1, 0.15) is 0 Å². The molecule has 1 aliphatic carbocycles. The number of thiophene rings is 1. The average Bonchev–Trinajstić information content (AvgIpc) is 2.74. The maximum absolute atomic E-state index is 8.98. The van der Waals surface area contributed by atoms with Gasteiger partial charge >= 0.3 is 0 Å². The molecule has 0 saturated carbocycles. The Morgan fingerprint density at radius 2 is 2.53 bits per heavy atom. The minimum atomic E-state index is 0.274. The number of aryl methyl sites for hydroxylation is 1. The van der Waals surface area contributed by atoms with E-state index >= 15 is 0 Å². The van der Waals surface area contributed by atoms with Gasteiger partial charge in [-0.05, 0) is 42.2 Å². The van der Waals surface area contributed by atoms with E-state index in [0.29, 0.717) is 12.0 Å². The van der Waals surface area contributed by atoms with Crippen molar-refractivity contribution >= 4 is 11.3 Å². The summed E-state index contributed by atoms with van der Waals surface area (Å²) in [4.78, 5) is 1.55. The molecule has 2 N–H and O–H groups in total. The largest absolute Gasteiger partial charge is 0.396 e. The van der Waals surface area contributed by atoms with Crippen LogP contribution in [0.3, 0.4) is 0 Å². The Kier molecular flexibility index (Phi) is 3.78. The standard InChI is InChI=1S/C12H19NOS/c1-9(8-14)7-13-11-3-2-4-12-10(11)5-6-15-12/h5-6,9,11,13-14H,2-4,7-8H2,1H3. The summed E-state index contributed by atoms with van der Waals surface area (Å²) in [7, 11) is 0. The number of aliphatic hydroxyl groups excluding tert-OH is 1. The first kappa shape index (κ1) is 11.1. The SMILES string of the molecule is CC(CO)CNC1CCCc2sccc21. The van der Waals surface area contributed by atoms with Crippen molar-refractivity contribution in [1.29, 1.82) is 0 Å². The molecule has 1 aromatic heterocycles. The normalized spacial score (nSPS) is 22.4. The number of hydrogen-bond acceptors (Lipinski definition) is 3. The molecule has 2 rings (SSSR count). The molecular formula is C12H19NOS. The predicted molar refractivity (Wildman–Crippen MR) is 64.3 cm³/mol. The van der Waals surface area contributed by atoms with Crippen molar-refractivity contribution in [2.45, 2.75) is 32.2 Å². The molecule has 84 valence electrons. The van der Waals surface area contributed by atoms with Gasteiger partial charge in [0.15, 0.2) is 0 Å². The van der Waals surface area contributed by atoms with E-state index in [2.05, 4.69) is 23.7 Å². The second kappa shape index (κ2) is 5.10. The lowest BCUT2D eigenvalue weighted by atomic mass is 9.94. The summed E-state index contributed by atoms with van der Waals surface area (Å²) in [5.74, 6) is 0.356. The van der Waals surface area contributed by atoms with Gasteiger partial charge in [-0.25, -0.2) is 0 Å². The molecule has 2 atom stereocenters. The van der Waals surface area contributed by atoms with Crippen LogP contribution in [-0.4, -0.2) is 18.3 Å². The van der Waals surface area contributed by atoms with E-state index in [1.807, 2.05) is 11.3 Å². The molecule has 1 aromatic rings. The van der Waals surface area contributed by atoms with Crippen LogP contribution in [0.2, 0.25) is 0 Å². The van der Waals surface area contributed by atoms with Crippen molar-refractivity contribution in [1.82, 2.24) is 5.32 Å². The summed E-state index contributed by atoms with van der Waals surface area (Å²) in [6, 6.07) is 2.77. The van der Waals surface area contributed by atoms with Gasteiger partial charge in [0.05, 0.1) is 0 Å². The zero-order valence-corrected chi connectivity index (χ0v) is 10.0. The van der Waals surface area contributed by atoms with E-state index in [1.165, 1.54) is 24.8 Å². The van der Waals surface area contributed by atoms with Gasteiger partial charge in [-0.15, -0.1) is 11.3 Å². The second-order valence-corrected chi connectivity index (χ2v) is 5.44. The van der Waals surface area contributed by atoms with Gasteiger partial charge in [-0.1, -0.05) is 6.92 Å². The van der Waals surface area contributed by atoms with Gasteiger partial charge in [0.2, 0.25) is 0 Å². The highest BCUT2D eigenvalue weighted by Crippen LogP contribution is 2.33. The van der Waals surface area contributed by atoms with Gasteiger partial charge in [0.25, 0.3) is 0 Å². The Morgan fingerprint density at radius 3 is 3.33 bits per heavy atom. The molecule has 0 aromatic carbocycles. The number of hydrogen-bond donors (Lipinski definition) is 2. The Balaban J connectivity index is 1.95. The lowest BCUT2D eigenvalue weighted by Crippen LogP contribution is -2.29. The van der Waals surface area contributed by atoms with E-state index in [4.69, 9.17) is 5.11 Å². The maximum atomic E-state index is 8.98. The summed E-state index contributed by atoms with van der Waals surface area (Å²) in [6.45, 7) is 3.26. The Morgan fingerprint density at radius 1 is 1.67 bits per heavy atom. The summed E-state index contributed by atoms with van der Waals surface area (Å²) in [6.07, 6.45) is 3.78. The highest BCUT2D eigenvalue weighted by Gasteiger charge is 2.20. The third-order valence-electron chi connectivity index (χ3n) is 3.08. The molecule has 0 aliphatic heterocycles. The van der Waals surface area contributed by atoms with Crippen molar-refractivity contribution in [3.8, 4) is 0 Å². The van der Waals surface area contributed by atoms with Crippen LogP contribution in [0.15, 0.2) is 11.4 Å². The number of nitrogens with one attached hydrogen (secondary N) is 1. The Hall–Kier alpha value is -0.380. The lowest BCUT2D eigenvalue weighted by Gasteiger charge is -2.25. The number of rotatable bonds is 4. The maximum Gasteiger partial charge on any atom is 0.0468 e. The monoisotopic (exact) mass is 225 g/mol. The molecule has 15 heavy (non-hydrogen) atoms. The smallest absolute Gasteiger partial charge is 0.0468 e. The highest BCUT2D eigenvalue weighted by molar-refractivity contribution is 7.10. The summed E-state index contributed by atoms with van der Waals surface area (Å²) >= 11 is 1.88. The van der Waals surface area contributed by atoms with E-state index in [1.54, 1.807) is 4.88 Å². The van der Waals surface area contributed by atoms with E-state index < -0.39 is 0 Å². The van der Waals surface area contributed by atoms with Gasteiger partial charge < -0.3 is 10.4 Å². The molecule has 0 radical (unpaired) electrons. The molecule has 2 nitrogen and oxygen atoms in total. The first-order chi connectivity index (χ1) is 7.31. The second-order valence-electron chi connectivity index (χ2n) is 4.44. The van der Waals surface area contributed by atoms with Crippen LogP contribution in [0.1, 0.15) is 36.2 Å². The fourth-order valence-corrected chi connectivity index (χ4v) is 3.09. The zero-order chi connectivity index (χ0) is 10.7. The number of fused-ring (bicyclic) bond motifs is 1. The minimum Gasteiger partial charge on any atom is -0.396 e. The molecule has 0 bridgehead atoms. The van der Waals surface area contributed by atoms with Crippen molar-refractivity contribution in [3.05, 3.63) is 21.9 Å². The van der Waals surface area contributed by atoms with Crippen molar-refractivity contribution in [2.75, 3.05) is 13.2 Å². The van der Waals surface area contributed by atoms with Crippen LogP contribution in [0.5, 0.6) is 0 Å². The van der Waals surface area contributed by atoms with Gasteiger partial charge in [0, 0.05) is 24.1 Å². The van der Waals surface area contributed by atoms with Gasteiger partial charge in [-0.2, -0.15) is 0 Å². The molecule has 3 heteroatoms. The van der Waals surface area contributed by atoms with Crippen LogP contribution in [0.25, 0.3) is 0 Å². The van der Waals surface area contributed by atoms with Crippen LogP contribution in [0.4, 0.5) is 0 Å². The predicted octanol–water partition coefficient (Wildman–Crippen LogP) is 2.34. The van der Waals surface area contributed by atoms with Crippen LogP contribution < -0.4 is 5.32 Å². The number of aliphatic hydroxyl groups is 1. The third kappa shape index (κ3) is 2.60. The Labute approximate surface area is 95.3 Å². The lowest BCUT2D eigenvalue weighted by molar-refractivity contribution is 0.228. The highest BCUT2D eigenvalue weighted by atomic mass is 32.1. The quantitative estimate of drug-likeness (QED) is 0.824. The molecular weight excluding hydrogens is 206 g/mol. The summed E-state index contributed by atoms with van der Waals surface area (Å²) < 4.78 is 0. The molecule has 1 aliphatic rings. The Bertz CT molecular complexity index is 310. The fraction of sp³-hybridized carbons (Fsp3) is 0.667. The minimum absolute atomic E-state index is 0.274. The molecule has 0 fully saturated rings. The van der Waals surface area contributed by atoms with E-state index in [9.17, 15) is 0 Å². The molecule has 0 spiro atoms. The third-order valence-corrected chi connectivity index (χ3v) is 4.07. The topological polar surface area (TPSA) is 32.3 Å². The summed E-state index contributed by atoms with van der Waals surface area (Å²) in [5, 5.41) is 14.7. The molecule has 0 amide bonds. The van der Waals surface area contributed by atoms with Crippen molar-refractivity contribution < 1.29 is 5.11 Å². The molecule has 1 heterocycles. The van der Waals surface area contributed by atoms with Crippen molar-refractivity contribution in [2.24, 2.45) is 5.92 Å². The van der Waals surface area contributed by atoms with Crippen LogP contribution in [0, 0.1) is 5.92 Å².